The molecule has 1 aliphatic rings. The number of morpholine rings is 1. The van der Waals surface area contributed by atoms with Crippen LogP contribution in [-0.2, 0) is 4.74 Å². The molecule has 1 fully saturated rings. The predicted molar refractivity (Wildman–Crippen MR) is 83.2 cm³/mol. The first kappa shape index (κ1) is 15.3. The van der Waals surface area contributed by atoms with Crippen molar-refractivity contribution in [3.8, 4) is 0 Å². The van der Waals surface area contributed by atoms with Crippen LogP contribution in [0.1, 0.15) is 45.9 Å². The lowest BCUT2D eigenvalue weighted by Gasteiger charge is -2.43. The van der Waals surface area contributed by atoms with Gasteiger partial charge in [0.2, 0.25) is 0 Å². The molecule has 0 amide bonds. The van der Waals surface area contributed by atoms with Gasteiger partial charge in [0.05, 0.1) is 36.3 Å². The second-order valence-corrected chi connectivity index (χ2v) is 6.13. The molecule has 1 aromatic rings. The van der Waals surface area contributed by atoms with Crippen molar-refractivity contribution >= 4 is 5.69 Å². The Balaban J connectivity index is 2.07. The van der Waals surface area contributed by atoms with E-state index < -0.39 is 0 Å². The standard InChI is InChI=1S/C16H27N3O/c1-5-8-17-13(2)15-7-6-14(11-18-15)19-9-10-20-12-16(19,3)4/h6-7,11,13,17H,5,8-10,12H2,1-4H3. The maximum Gasteiger partial charge on any atom is 0.0694 e. The fourth-order valence-corrected chi connectivity index (χ4v) is 2.62. The summed E-state index contributed by atoms with van der Waals surface area (Å²) in [5.74, 6) is 0. The van der Waals surface area contributed by atoms with Gasteiger partial charge in [0.15, 0.2) is 0 Å². The zero-order chi connectivity index (χ0) is 14.6. The van der Waals surface area contributed by atoms with E-state index in [1.165, 1.54) is 5.69 Å². The van der Waals surface area contributed by atoms with Crippen molar-refractivity contribution in [1.82, 2.24) is 10.3 Å². The molecule has 0 aromatic carbocycles. The summed E-state index contributed by atoms with van der Waals surface area (Å²) >= 11 is 0. The average Bonchev–Trinajstić information content (AvgIpc) is 2.44. The summed E-state index contributed by atoms with van der Waals surface area (Å²) in [7, 11) is 0. The van der Waals surface area contributed by atoms with E-state index in [-0.39, 0.29) is 5.54 Å². The van der Waals surface area contributed by atoms with Crippen LogP contribution in [0.3, 0.4) is 0 Å². The Morgan fingerprint density at radius 1 is 1.45 bits per heavy atom. The quantitative estimate of drug-likeness (QED) is 0.898. The van der Waals surface area contributed by atoms with Gasteiger partial charge < -0.3 is 15.0 Å². The smallest absolute Gasteiger partial charge is 0.0694 e. The summed E-state index contributed by atoms with van der Waals surface area (Å²) in [6.45, 7) is 12.3. The first-order chi connectivity index (χ1) is 9.54. The minimum atomic E-state index is 0.0352. The Labute approximate surface area is 122 Å². The number of nitrogens with one attached hydrogen (secondary N) is 1. The zero-order valence-electron chi connectivity index (χ0n) is 13.1. The number of nitrogens with zero attached hydrogens (tertiary/aromatic N) is 2. The van der Waals surface area contributed by atoms with Crippen LogP contribution in [0, 0.1) is 0 Å². The summed E-state index contributed by atoms with van der Waals surface area (Å²) in [6.07, 6.45) is 3.14. The molecule has 4 heteroatoms. The number of ether oxygens (including phenoxy) is 1. The van der Waals surface area contributed by atoms with E-state index in [1.54, 1.807) is 0 Å². The average molecular weight is 277 g/mol. The van der Waals surface area contributed by atoms with Crippen LogP contribution in [-0.4, -0.2) is 36.8 Å². The Morgan fingerprint density at radius 2 is 2.25 bits per heavy atom. The summed E-state index contributed by atoms with van der Waals surface area (Å²) in [5, 5.41) is 3.47. The molecule has 0 aliphatic carbocycles. The highest BCUT2D eigenvalue weighted by Gasteiger charge is 2.30. The summed E-state index contributed by atoms with van der Waals surface area (Å²) in [5.41, 5.74) is 2.33. The molecule has 1 aromatic heterocycles. The van der Waals surface area contributed by atoms with Crippen LogP contribution in [0.25, 0.3) is 0 Å². The van der Waals surface area contributed by atoms with Gasteiger partial charge in [-0.1, -0.05) is 6.92 Å². The highest BCUT2D eigenvalue weighted by Crippen LogP contribution is 2.26. The Kier molecular flexibility index (Phi) is 5.00. The highest BCUT2D eigenvalue weighted by atomic mass is 16.5. The molecule has 1 atom stereocenters. The lowest BCUT2D eigenvalue weighted by atomic mass is 10.0. The van der Waals surface area contributed by atoms with Gasteiger partial charge >= 0.3 is 0 Å². The molecule has 1 unspecified atom stereocenters. The first-order valence-corrected chi connectivity index (χ1v) is 7.59. The normalized spacial score (nSPS) is 19.9. The van der Waals surface area contributed by atoms with Gasteiger partial charge in [0.25, 0.3) is 0 Å². The number of pyridine rings is 1. The Morgan fingerprint density at radius 3 is 2.85 bits per heavy atom. The van der Waals surface area contributed by atoms with Crippen molar-refractivity contribution < 1.29 is 4.74 Å². The van der Waals surface area contributed by atoms with E-state index in [1.807, 2.05) is 6.20 Å². The molecule has 1 saturated heterocycles. The molecule has 1 N–H and O–H groups in total. The highest BCUT2D eigenvalue weighted by molar-refractivity contribution is 5.48. The van der Waals surface area contributed by atoms with Crippen LogP contribution in [0.2, 0.25) is 0 Å². The molecular weight excluding hydrogens is 250 g/mol. The molecule has 0 bridgehead atoms. The van der Waals surface area contributed by atoms with Gasteiger partial charge in [0, 0.05) is 12.6 Å². The third-order valence-corrected chi connectivity index (χ3v) is 3.87. The van der Waals surface area contributed by atoms with Crippen LogP contribution >= 0.6 is 0 Å². The predicted octanol–water partition coefficient (Wildman–Crippen LogP) is 2.76. The minimum Gasteiger partial charge on any atom is -0.377 e. The lowest BCUT2D eigenvalue weighted by Crippen LogP contribution is -2.53. The first-order valence-electron chi connectivity index (χ1n) is 7.59. The Bertz CT molecular complexity index is 416. The van der Waals surface area contributed by atoms with Gasteiger partial charge in [-0.3, -0.25) is 4.98 Å². The number of anilines is 1. The summed E-state index contributed by atoms with van der Waals surface area (Å²) in [4.78, 5) is 7.01. The number of aromatic nitrogens is 1. The molecule has 2 rings (SSSR count). The van der Waals surface area contributed by atoms with Gasteiger partial charge in [-0.25, -0.2) is 0 Å². The molecule has 112 valence electrons. The number of rotatable bonds is 5. The number of hydrogen-bond acceptors (Lipinski definition) is 4. The van der Waals surface area contributed by atoms with E-state index in [2.05, 4.69) is 55.0 Å². The fourth-order valence-electron chi connectivity index (χ4n) is 2.62. The van der Waals surface area contributed by atoms with Crippen LogP contribution in [0.4, 0.5) is 5.69 Å². The van der Waals surface area contributed by atoms with E-state index in [9.17, 15) is 0 Å². The van der Waals surface area contributed by atoms with Gasteiger partial charge in [-0.2, -0.15) is 0 Å². The van der Waals surface area contributed by atoms with E-state index in [0.717, 1.165) is 38.4 Å². The Hall–Kier alpha value is -1.13. The monoisotopic (exact) mass is 277 g/mol. The molecular formula is C16H27N3O. The largest absolute Gasteiger partial charge is 0.377 e. The van der Waals surface area contributed by atoms with E-state index in [4.69, 9.17) is 4.74 Å². The maximum atomic E-state index is 5.57. The molecule has 0 saturated carbocycles. The number of hydrogen-bond donors (Lipinski definition) is 1. The van der Waals surface area contributed by atoms with Crippen molar-refractivity contribution in [1.29, 1.82) is 0 Å². The summed E-state index contributed by atoms with van der Waals surface area (Å²) in [6, 6.07) is 4.62. The molecule has 0 radical (unpaired) electrons. The van der Waals surface area contributed by atoms with E-state index in [0.29, 0.717) is 6.04 Å². The molecule has 0 spiro atoms. The fraction of sp³-hybridized carbons (Fsp3) is 0.688. The van der Waals surface area contributed by atoms with Crippen LogP contribution in [0.15, 0.2) is 18.3 Å². The lowest BCUT2D eigenvalue weighted by molar-refractivity contribution is 0.0643. The molecule has 2 heterocycles. The third-order valence-electron chi connectivity index (χ3n) is 3.87. The van der Waals surface area contributed by atoms with Gasteiger partial charge in [-0.05, 0) is 45.9 Å². The van der Waals surface area contributed by atoms with Crippen molar-refractivity contribution in [2.24, 2.45) is 0 Å². The van der Waals surface area contributed by atoms with Crippen molar-refractivity contribution in [3.63, 3.8) is 0 Å². The van der Waals surface area contributed by atoms with Crippen LogP contribution in [0.5, 0.6) is 0 Å². The van der Waals surface area contributed by atoms with E-state index >= 15 is 0 Å². The van der Waals surface area contributed by atoms with Crippen molar-refractivity contribution in [2.45, 2.75) is 45.7 Å². The second kappa shape index (κ2) is 6.55. The van der Waals surface area contributed by atoms with Gasteiger partial charge in [-0.15, -0.1) is 0 Å². The topological polar surface area (TPSA) is 37.4 Å². The van der Waals surface area contributed by atoms with Gasteiger partial charge in [0.1, 0.15) is 0 Å². The third kappa shape index (κ3) is 3.49. The molecule has 20 heavy (non-hydrogen) atoms. The molecule has 4 nitrogen and oxygen atoms in total. The minimum absolute atomic E-state index is 0.0352. The zero-order valence-corrected chi connectivity index (χ0v) is 13.1. The maximum absolute atomic E-state index is 5.57. The molecule has 1 aliphatic heterocycles. The van der Waals surface area contributed by atoms with Crippen molar-refractivity contribution in [2.75, 3.05) is 31.2 Å². The summed E-state index contributed by atoms with van der Waals surface area (Å²) < 4.78 is 5.57. The SMILES string of the molecule is CCCNC(C)c1ccc(N2CCOCC2(C)C)cn1. The van der Waals surface area contributed by atoms with Crippen LogP contribution < -0.4 is 10.2 Å². The van der Waals surface area contributed by atoms with Crippen molar-refractivity contribution in [3.05, 3.63) is 24.0 Å². The second-order valence-electron chi connectivity index (χ2n) is 6.13.